The van der Waals surface area contributed by atoms with E-state index in [1.54, 1.807) is 7.11 Å². The van der Waals surface area contributed by atoms with Crippen molar-refractivity contribution in [2.24, 2.45) is 0 Å². The van der Waals surface area contributed by atoms with Crippen LogP contribution in [0.1, 0.15) is 0 Å². The second-order valence-corrected chi connectivity index (χ2v) is 5.56. The van der Waals surface area contributed by atoms with Crippen molar-refractivity contribution >= 4 is 27.3 Å². The fourth-order valence-electron chi connectivity index (χ4n) is 2.38. The van der Waals surface area contributed by atoms with Crippen molar-refractivity contribution in [1.82, 2.24) is 10.2 Å². The van der Waals surface area contributed by atoms with E-state index in [2.05, 4.69) is 26.1 Å². The number of benzene rings is 1. The van der Waals surface area contributed by atoms with Gasteiger partial charge in [-0.3, -0.25) is 0 Å². The zero-order valence-corrected chi connectivity index (χ0v) is 12.1. The molecule has 20 heavy (non-hydrogen) atoms. The smallest absolute Gasteiger partial charge is 0.210 e. The van der Waals surface area contributed by atoms with E-state index in [0.29, 0.717) is 5.13 Å². The quantitative estimate of drug-likeness (QED) is 0.923. The third-order valence-corrected chi connectivity index (χ3v) is 4.22. The molecule has 2 N–H and O–H groups in total. The number of hydrogen-bond acceptors (Lipinski definition) is 7. The Bertz CT molecular complexity index is 580. The predicted molar refractivity (Wildman–Crippen MR) is 81.7 cm³/mol. The highest BCUT2D eigenvalue weighted by molar-refractivity contribution is 7.18. The molecular weight excluding hydrogens is 274 g/mol. The van der Waals surface area contributed by atoms with Crippen LogP contribution < -0.4 is 20.3 Å². The molecule has 1 aromatic carbocycles. The Morgan fingerprint density at radius 2 is 1.80 bits per heavy atom. The van der Waals surface area contributed by atoms with Crippen LogP contribution in [0.5, 0.6) is 5.75 Å². The van der Waals surface area contributed by atoms with Crippen molar-refractivity contribution in [3.05, 3.63) is 24.3 Å². The second kappa shape index (κ2) is 5.54. The van der Waals surface area contributed by atoms with Gasteiger partial charge in [-0.25, -0.2) is 0 Å². The Kier molecular flexibility index (Phi) is 3.60. The summed E-state index contributed by atoms with van der Waals surface area (Å²) in [6.45, 7) is 3.68. The number of hydrogen-bond donors (Lipinski definition) is 1. The molecule has 7 heteroatoms. The molecule has 1 saturated heterocycles. The van der Waals surface area contributed by atoms with Crippen LogP contribution in [-0.2, 0) is 0 Å². The van der Waals surface area contributed by atoms with Crippen molar-refractivity contribution in [3.8, 4) is 5.75 Å². The van der Waals surface area contributed by atoms with Gasteiger partial charge < -0.3 is 20.3 Å². The molecule has 0 unspecified atom stereocenters. The average Bonchev–Trinajstić information content (AvgIpc) is 2.94. The number of methoxy groups -OCH3 is 1. The minimum absolute atomic E-state index is 0.521. The highest BCUT2D eigenvalue weighted by Gasteiger charge is 2.21. The lowest BCUT2D eigenvalue weighted by atomic mass is 10.2. The topological polar surface area (TPSA) is 67.5 Å². The number of anilines is 3. The first kappa shape index (κ1) is 13.0. The van der Waals surface area contributed by atoms with Gasteiger partial charge in [-0.2, -0.15) is 0 Å². The summed E-state index contributed by atoms with van der Waals surface area (Å²) in [7, 11) is 1.71. The molecule has 6 nitrogen and oxygen atoms in total. The van der Waals surface area contributed by atoms with Gasteiger partial charge in [0.25, 0.3) is 0 Å². The first-order chi connectivity index (χ1) is 9.78. The van der Waals surface area contributed by atoms with Gasteiger partial charge in [0.1, 0.15) is 5.75 Å². The zero-order chi connectivity index (χ0) is 13.9. The van der Waals surface area contributed by atoms with E-state index in [-0.39, 0.29) is 0 Å². The van der Waals surface area contributed by atoms with Crippen LogP contribution in [0.25, 0.3) is 0 Å². The van der Waals surface area contributed by atoms with Crippen LogP contribution in [0.15, 0.2) is 24.3 Å². The van der Waals surface area contributed by atoms with Gasteiger partial charge in [0.05, 0.1) is 12.8 Å². The molecule has 3 rings (SSSR count). The molecule has 1 aromatic heterocycles. The van der Waals surface area contributed by atoms with E-state index in [9.17, 15) is 0 Å². The standard InChI is InChI=1S/C13H17N5OS/c1-19-11-5-3-2-4-10(11)17-6-8-18(9-7-17)13-16-15-12(14)20-13/h2-5H,6-9H2,1H3,(H2,14,15). The number of rotatable bonds is 3. The van der Waals surface area contributed by atoms with Crippen LogP contribution >= 0.6 is 11.3 Å². The van der Waals surface area contributed by atoms with Crippen molar-refractivity contribution in [3.63, 3.8) is 0 Å². The molecule has 0 amide bonds. The molecular formula is C13H17N5OS. The summed E-state index contributed by atoms with van der Waals surface area (Å²) in [5.74, 6) is 0.918. The third kappa shape index (κ3) is 2.49. The fourth-order valence-corrected chi connectivity index (χ4v) is 3.05. The van der Waals surface area contributed by atoms with Gasteiger partial charge in [0.2, 0.25) is 10.3 Å². The number of nitrogens with two attached hydrogens (primary N) is 1. The maximum atomic E-state index is 5.63. The Balaban J connectivity index is 1.69. The molecule has 0 radical (unpaired) electrons. The summed E-state index contributed by atoms with van der Waals surface area (Å²) >= 11 is 1.44. The number of aromatic nitrogens is 2. The van der Waals surface area contributed by atoms with E-state index in [4.69, 9.17) is 10.5 Å². The Morgan fingerprint density at radius 3 is 2.45 bits per heavy atom. The minimum atomic E-state index is 0.521. The second-order valence-electron chi connectivity index (χ2n) is 4.57. The predicted octanol–water partition coefficient (Wildman–Crippen LogP) is 1.46. The number of piperazine rings is 1. The van der Waals surface area contributed by atoms with E-state index in [1.807, 2.05) is 18.2 Å². The molecule has 1 aliphatic rings. The van der Waals surface area contributed by atoms with E-state index in [0.717, 1.165) is 42.7 Å². The van der Waals surface area contributed by atoms with Crippen molar-refractivity contribution in [2.45, 2.75) is 0 Å². The molecule has 0 atom stereocenters. The molecule has 1 aliphatic heterocycles. The van der Waals surface area contributed by atoms with Crippen LogP contribution in [0.2, 0.25) is 0 Å². The third-order valence-electron chi connectivity index (χ3n) is 3.41. The van der Waals surface area contributed by atoms with Crippen LogP contribution in [0.4, 0.5) is 16.0 Å². The summed E-state index contributed by atoms with van der Waals surface area (Å²) in [4.78, 5) is 4.56. The lowest BCUT2D eigenvalue weighted by Gasteiger charge is -2.36. The van der Waals surface area contributed by atoms with E-state index in [1.165, 1.54) is 11.3 Å². The zero-order valence-electron chi connectivity index (χ0n) is 11.3. The number of nitrogen functional groups attached to an aromatic ring is 1. The summed E-state index contributed by atoms with van der Waals surface area (Å²) in [5.41, 5.74) is 6.78. The van der Waals surface area contributed by atoms with Crippen LogP contribution in [-0.4, -0.2) is 43.5 Å². The lowest BCUT2D eigenvalue weighted by molar-refractivity contribution is 0.413. The number of ether oxygens (including phenoxy) is 1. The maximum absolute atomic E-state index is 5.63. The summed E-state index contributed by atoms with van der Waals surface area (Å²) in [6.07, 6.45) is 0. The molecule has 0 spiro atoms. The van der Waals surface area contributed by atoms with Gasteiger partial charge in [-0.15, -0.1) is 10.2 Å². The molecule has 0 saturated carbocycles. The molecule has 2 aromatic rings. The van der Waals surface area contributed by atoms with E-state index < -0.39 is 0 Å². The fraction of sp³-hybridized carbons (Fsp3) is 0.385. The first-order valence-electron chi connectivity index (χ1n) is 6.50. The van der Waals surface area contributed by atoms with Gasteiger partial charge >= 0.3 is 0 Å². The van der Waals surface area contributed by atoms with E-state index >= 15 is 0 Å². The Morgan fingerprint density at radius 1 is 1.10 bits per heavy atom. The van der Waals surface area contributed by atoms with Gasteiger partial charge in [-0.1, -0.05) is 23.5 Å². The molecule has 1 fully saturated rings. The van der Waals surface area contributed by atoms with Gasteiger partial charge in [0, 0.05) is 26.2 Å². The van der Waals surface area contributed by atoms with Crippen LogP contribution in [0, 0.1) is 0 Å². The monoisotopic (exact) mass is 291 g/mol. The molecule has 0 bridgehead atoms. The maximum Gasteiger partial charge on any atom is 0.210 e. The highest BCUT2D eigenvalue weighted by Crippen LogP contribution is 2.29. The van der Waals surface area contributed by atoms with Crippen molar-refractivity contribution in [2.75, 3.05) is 48.8 Å². The normalized spacial score (nSPS) is 15.4. The summed E-state index contributed by atoms with van der Waals surface area (Å²) in [6, 6.07) is 8.11. The lowest BCUT2D eigenvalue weighted by Crippen LogP contribution is -2.46. The number of nitrogens with zero attached hydrogens (tertiary/aromatic N) is 4. The summed E-state index contributed by atoms with van der Waals surface area (Å²) in [5, 5.41) is 9.39. The van der Waals surface area contributed by atoms with Crippen LogP contribution in [0.3, 0.4) is 0 Å². The summed E-state index contributed by atoms with van der Waals surface area (Å²) < 4.78 is 5.42. The van der Waals surface area contributed by atoms with Crippen molar-refractivity contribution < 1.29 is 4.74 Å². The number of para-hydroxylation sites is 2. The molecule has 2 heterocycles. The first-order valence-corrected chi connectivity index (χ1v) is 7.31. The molecule has 0 aliphatic carbocycles. The molecule has 106 valence electrons. The Hall–Kier alpha value is -2.02. The van der Waals surface area contributed by atoms with Gasteiger partial charge in [-0.05, 0) is 12.1 Å². The minimum Gasteiger partial charge on any atom is -0.495 e. The average molecular weight is 291 g/mol. The highest BCUT2D eigenvalue weighted by atomic mass is 32.1. The van der Waals surface area contributed by atoms with Crippen molar-refractivity contribution in [1.29, 1.82) is 0 Å². The van der Waals surface area contributed by atoms with Gasteiger partial charge in [0.15, 0.2) is 0 Å². The SMILES string of the molecule is COc1ccccc1N1CCN(c2nnc(N)s2)CC1. The Labute approximate surface area is 121 Å². The largest absolute Gasteiger partial charge is 0.495 e.